The fourth-order valence-electron chi connectivity index (χ4n) is 2.75. The topological polar surface area (TPSA) is 75.3 Å². The predicted octanol–water partition coefficient (Wildman–Crippen LogP) is 3.87. The van der Waals surface area contributed by atoms with Crippen molar-refractivity contribution in [3.63, 3.8) is 0 Å². The third-order valence-electron chi connectivity index (χ3n) is 4.26. The first-order chi connectivity index (χ1) is 13.4. The molecular weight excluding hydrogens is 372 g/mol. The van der Waals surface area contributed by atoms with Crippen LogP contribution < -0.4 is 10.0 Å². The molecule has 5 nitrogen and oxygen atoms in total. The van der Waals surface area contributed by atoms with Gasteiger partial charge in [0.1, 0.15) is 0 Å². The van der Waals surface area contributed by atoms with Crippen molar-refractivity contribution in [2.45, 2.75) is 19.2 Å². The maximum absolute atomic E-state index is 12.5. The lowest BCUT2D eigenvalue weighted by Gasteiger charge is -2.13. The Hall–Kier alpha value is -3.12. The lowest BCUT2D eigenvalue weighted by Crippen LogP contribution is -2.23. The Morgan fingerprint density at radius 2 is 1.46 bits per heavy atom. The van der Waals surface area contributed by atoms with E-state index < -0.39 is 10.0 Å². The molecule has 0 aliphatic carbocycles. The van der Waals surface area contributed by atoms with Gasteiger partial charge in [-0.05, 0) is 35.7 Å². The molecule has 0 aliphatic heterocycles. The molecule has 0 aromatic heterocycles. The van der Waals surface area contributed by atoms with Crippen LogP contribution in [-0.4, -0.2) is 14.3 Å². The monoisotopic (exact) mass is 394 g/mol. The van der Waals surface area contributed by atoms with Crippen LogP contribution in [0.2, 0.25) is 0 Å². The van der Waals surface area contributed by atoms with Crippen molar-refractivity contribution in [3.8, 4) is 0 Å². The van der Waals surface area contributed by atoms with Crippen molar-refractivity contribution < 1.29 is 13.2 Å². The molecule has 6 heteroatoms. The highest BCUT2D eigenvalue weighted by molar-refractivity contribution is 7.91. The van der Waals surface area contributed by atoms with E-state index in [0.29, 0.717) is 23.4 Å². The zero-order valence-electron chi connectivity index (χ0n) is 15.6. The van der Waals surface area contributed by atoms with Crippen LogP contribution in [0.25, 0.3) is 0 Å². The van der Waals surface area contributed by atoms with E-state index in [4.69, 9.17) is 0 Å². The highest BCUT2D eigenvalue weighted by atomic mass is 32.2. The molecule has 2 N–H and O–H groups in total. The first-order valence-electron chi connectivity index (χ1n) is 8.90. The number of amides is 1. The molecule has 0 radical (unpaired) electrons. The largest absolute Gasteiger partial charge is 0.348 e. The highest BCUT2D eigenvalue weighted by Gasteiger charge is 2.15. The van der Waals surface area contributed by atoms with Gasteiger partial charge in [0.15, 0.2) is 0 Å². The number of carbonyl (C=O) groups is 1. The van der Waals surface area contributed by atoms with Gasteiger partial charge in [-0.1, -0.05) is 66.7 Å². The van der Waals surface area contributed by atoms with Gasteiger partial charge in [0, 0.05) is 12.1 Å². The number of hydrogen-bond acceptors (Lipinski definition) is 3. The van der Waals surface area contributed by atoms with Crippen LogP contribution in [0.4, 0.5) is 5.69 Å². The summed E-state index contributed by atoms with van der Waals surface area (Å²) in [6.07, 6.45) is 0. The second-order valence-corrected chi connectivity index (χ2v) is 8.27. The van der Waals surface area contributed by atoms with E-state index in [2.05, 4.69) is 10.0 Å². The summed E-state index contributed by atoms with van der Waals surface area (Å²) in [5, 5.41) is 2.85. The molecule has 28 heavy (non-hydrogen) atoms. The molecule has 3 aromatic carbocycles. The van der Waals surface area contributed by atoms with Gasteiger partial charge >= 0.3 is 0 Å². The molecule has 0 fully saturated rings. The Morgan fingerprint density at radius 1 is 0.857 bits per heavy atom. The summed E-state index contributed by atoms with van der Waals surface area (Å²) >= 11 is 0. The van der Waals surface area contributed by atoms with E-state index in [1.807, 2.05) is 36.4 Å². The van der Waals surface area contributed by atoms with E-state index in [1.54, 1.807) is 49.4 Å². The van der Waals surface area contributed by atoms with E-state index in [1.165, 1.54) is 0 Å². The molecular formula is C22H22N2O3S. The zero-order valence-corrected chi connectivity index (χ0v) is 16.4. The number of hydrogen-bond donors (Lipinski definition) is 2. The molecule has 0 spiro atoms. The van der Waals surface area contributed by atoms with Gasteiger partial charge in [-0.15, -0.1) is 0 Å². The quantitative estimate of drug-likeness (QED) is 0.639. The zero-order chi connectivity index (χ0) is 20.0. The number of rotatable bonds is 7. The third kappa shape index (κ3) is 5.44. The van der Waals surface area contributed by atoms with Crippen molar-refractivity contribution in [2.75, 3.05) is 4.72 Å². The maximum Gasteiger partial charge on any atom is 0.251 e. The summed E-state index contributed by atoms with van der Waals surface area (Å²) in [7, 11) is -3.59. The van der Waals surface area contributed by atoms with Crippen LogP contribution >= 0.6 is 0 Å². The SMILES string of the molecule is Cc1ccc(C(=O)NCc2ccccc2)cc1NS(=O)(=O)Cc1ccccc1. The minimum Gasteiger partial charge on any atom is -0.348 e. The minimum absolute atomic E-state index is 0.127. The smallest absolute Gasteiger partial charge is 0.251 e. The van der Waals surface area contributed by atoms with Gasteiger partial charge in [0.25, 0.3) is 5.91 Å². The van der Waals surface area contributed by atoms with Gasteiger partial charge in [0.2, 0.25) is 10.0 Å². The number of aryl methyl sites for hydroxylation is 1. The Morgan fingerprint density at radius 3 is 2.11 bits per heavy atom. The predicted molar refractivity (Wildman–Crippen MR) is 111 cm³/mol. The Bertz CT molecular complexity index is 1050. The summed E-state index contributed by atoms with van der Waals surface area (Å²) in [4.78, 5) is 12.4. The summed E-state index contributed by atoms with van der Waals surface area (Å²) in [5.41, 5.74) is 3.25. The Kier molecular flexibility index (Phi) is 6.11. The molecule has 0 heterocycles. The van der Waals surface area contributed by atoms with Crippen LogP contribution in [0.5, 0.6) is 0 Å². The number of anilines is 1. The third-order valence-corrected chi connectivity index (χ3v) is 5.50. The van der Waals surface area contributed by atoms with Gasteiger partial charge in [-0.2, -0.15) is 0 Å². The summed E-state index contributed by atoms with van der Waals surface area (Å²) in [5.74, 6) is -0.384. The first kappa shape index (κ1) is 19.6. The van der Waals surface area contributed by atoms with Crippen molar-refractivity contribution in [1.29, 1.82) is 0 Å². The summed E-state index contributed by atoms with van der Waals surface area (Å²) < 4.78 is 27.6. The average molecular weight is 394 g/mol. The minimum atomic E-state index is -3.59. The first-order valence-corrected chi connectivity index (χ1v) is 10.6. The standard InChI is InChI=1S/C22H22N2O3S/c1-17-12-13-20(22(25)23-15-18-8-4-2-5-9-18)14-21(17)24-28(26,27)16-19-10-6-3-7-11-19/h2-14,24H,15-16H2,1H3,(H,23,25). The second kappa shape index (κ2) is 8.71. The van der Waals surface area contributed by atoms with Gasteiger partial charge < -0.3 is 5.32 Å². The molecule has 0 bridgehead atoms. The fraction of sp³-hybridized carbons (Fsp3) is 0.136. The van der Waals surface area contributed by atoms with Crippen LogP contribution in [-0.2, 0) is 22.3 Å². The molecule has 144 valence electrons. The maximum atomic E-state index is 12.5. The Labute approximate surface area is 165 Å². The lowest BCUT2D eigenvalue weighted by atomic mass is 10.1. The average Bonchev–Trinajstić information content (AvgIpc) is 2.69. The number of carbonyl (C=O) groups excluding carboxylic acids is 1. The van der Waals surface area contributed by atoms with Crippen LogP contribution in [0, 0.1) is 6.92 Å². The fourth-order valence-corrected chi connectivity index (χ4v) is 4.01. The van der Waals surface area contributed by atoms with E-state index in [-0.39, 0.29) is 11.7 Å². The van der Waals surface area contributed by atoms with Crippen LogP contribution in [0.3, 0.4) is 0 Å². The second-order valence-electron chi connectivity index (χ2n) is 6.54. The molecule has 0 atom stereocenters. The van der Waals surface area contributed by atoms with E-state index in [0.717, 1.165) is 11.1 Å². The normalized spacial score (nSPS) is 11.0. The van der Waals surface area contributed by atoms with Crippen LogP contribution in [0.15, 0.2) is 78.9 Å². The highest BCUT2D eigenvalue weighted by Crippen LogP contribution is 2.20. The molecule has 3 rings (SSSR count). The molecule has 3 aromatic rings. The number of sulfonamides is 1. The molecule has 0 saturated heterocycles. The van der Waals surface area contributed by atoms with Crippen molar-refractivity contribution in [2.24, 2.45) is 0 Å². The van der Waals surface area contributed by atoms with Gasteiger partial charge in [-0.25, -0.2) is 8.42 Å². The van der Waals surface area contributed by atoms with Crippen LogP contribution in [0.1, 0.15) is 27.0 Å². The van der Waals surface area contributed by atoms with Gasteiger partial charge in [-0.3, -0.25) is 9.52 Å². The molecule has 0 unspecified atom stereocenters. The van der Waals surface area contributed by atoms with Gasteiger partial charge in [0.05, 0.1) is 11.4 Å². The summed E-state index contributed by atoms with van der Waals surface area (Å²) in [6, 6.07) is 23.5. The van der Waals surface area contributed by atoms with Crippen molar-refractivity contribution >= 4 is 21.6 Å². The number of benzene rings is 3. The lowest BCUT2D eigenvalue weighted by molar-refractivity contribution is 0.0951. The Balaban J connectivity index is 1.71. The number of nitrogens with one attached hydrogen (secondary N) is 2. The summed E-state index contributed by atoms with van der Waals surface area (Å²) in [6.45, 7) is 2.20. The molecule has 1 amide bonds. The molecule has 0 aliphatic rings. The molecule has 0 saturated carbocycles. The van der Waals surface area contributed by atoms with Crippen molar-refractivity contribution in [1.82, 2.24) is 5.32 Å². The van der Waals surface area contributed by atoms with E-state index >= 15 is 0 Å². The van der Waals surface area contributed by atoms with E-state index in [9.17, 15) is 13.2 Å². The van der Waals surface area contributed by atoms with Crippen molar-refractivity contribution in [3.05, 3.63) is 101 Å².